The fourth-order valence-corrected chi connectivity index (χ4v) is 2.00. The Morgan fingerprint density at radius 3 is 2.60 bits per heavy atom. The lowest BCUT2D eigenvalue weighted by Gasteiger charge is -2.16. The van der Waals surface area contributed by atoms with Gasteiger partial charge in [-0.25, -0.2) is 13.6 Å². The standard InChI is InChI=1S/C13H9F2NO4/c1-6(2-10(17)18)5-16-9-4-7(14)3-8(15)11(9)12(19)13(16)20/h2-4H,5H2,1H3,(H,17,18). The molecule has 0 radical (unpaired) electrons. The molecule has 1 N–H and O–H groups in total. The van der Waals surface area contributed by atoms with Crippen LogP contribution in [0, 0.1) is 11.6 Å². The molecule has 0 saturated carbocycles. The molecule has 0 aromatic heterocycles. The van der Waals surface area contributed by atoms with Crippen LogP contribution in [0.1, 0.15) is 17.3 Å². The van der Waals surface area contributed by atoms with E-state index in [9.17, 15) is 23.2 Å². The third-order valence-electron chi connectivity index (χ3n) is 2.77. The van der Waals surface area contributed by atoms with Gasteiger partial charge in [0.2, 0.25) is 0 Å². The quantitative estimate of drug-likeness (QED) is 0.673. The Morgan fingerprint density at radius 2 is 2.00 bits per heavy atom. The summed E-state index contributed by atoms with van der Waals surface area (Å²) in [4.78, 5) is 34.8. The van der Waals surface area contributed by atoms with Gasteiger partial charge in [-0.05, 0) is 18.6 Å². The first-order valence-corrected chi connectivity index (χ1v) is 5.56. The van der Waals surface area contributed by atoms with E-state index in [-0.39, 0.29) is 17.8 Å². The highest BCUT2D eigenvalue weighted by molar-refractivity contribution is 6.52. The van der Waals surface area contributed by atoms with Crippen molar-refractivity contribution >= 4 is 23.3 Å². The zero-order valence-corrected chi connectivity index (χ0v) is 10.3. The first-order chi connectivity index (χ1) is 9.31. The molecule has 1 heterocycles. The largest absolute Gasteiger partial charge is 0.478 e. The number of hydrogen-bond donors (Lipinski definition) is 1. The van der Waals surface area contributed by atoms with E-state index >= 15 is 0 Å². The number of aliphatic carboxylic acids is 1. The maximum Gasteiger partial charge on any atom is 0.328 e. The van der Waals surface area contributed by atoms with E-state index in [0.717, 1.165) is 17.0 Å². The lowest BCUT2D eigenvalue weighted by molar-refractivity contribution is -0.131. The molecule has 2 rings (SSSR count). The number of carbonyl (C=O) groups is 3. The molecular formula is C13H9F2NO4. The summed E-state index contributed by atoms with van der Waals surface area (Å²) < 4.78 is 26.7. The van der Waals surface area contributed by atoms with E-state index in [0.29, 0.717) is 6.07 Å². The first-order valence-electron chi connectivity index (χ1n) is 5.56. The summed E-state index contributed by atoms with van der Waals surface area (Å²) in [6.07, 6.45) is 0.853. The lowest BCUT2D eigenvalue weighted by atomic mass is 10.1. The van der Waals surface area contributed by atoms with Crippen LogP contribution in [0.25, 0.3) is 0 Å². The molecule has 1 aliphatic rings. The lowest BCUT2D eigenvalue weighted by Crippen LogP contribution is -2.31. The minimum absolute atomic E-state index is 0.185. The summed E-state index contributed by atoms with van der Waals surface area (Å²) >= 11 is 0. The minimum atomic E-state index is -1.22. The molecule has 0 aliphatic carbocycles. The minimum Gasteiger partial charge on any atom is -0.478 e. The Balaban J connectivity index is 2.46. The average molecular weight is 281 g/mol. The van der Waals surface area contributed by atoms with E-state index in [2.05, 4.69) is 0 Å². The van der Waals surface area contributed by atoms with Crippen molar-refractivity contribution in [2.45, 2.75) is 6.92 Å². The van der Waals surface area contributed by atoms with Crippen molar-refractivity contribution in [3.8, 4) is 0 Å². The number of Topliss-reactive ketones (excluding diaryl/α,β-unsaturated/α-hetero) is 1. The molecule has 0 saturated heterocycles. The molecule has 1 aromatic rings. The van der Waals surface area contributed by atoms with E-state index in [1.54, 1.807) is 0 Å². The van der Waals surface area contributed by atoms with Crippen molar-refractivity contribution in [1.82, 2.24) is 0 Å². The Morgan fingerprint density at radius 1 is 1.35 bits per heavy atom. The summed E-state index contributed by atoms with van der Waals surface area (Å²) in [6, 6.07) is 1.39. The normalized spacial score (nSPS) is 14.8. The van der Waals surface area contributed by atoms with Crippen LogP contribution in [0.15, 0.2) is 23.8 Å². The zero-order valence-electron chi connectivity index (χ0n) is 10.3. The van der Waals surface area contributed by atoms with Gasteiger partial charge in [-0.1, -0.05) is 0 Å². The van der Waals surface area contributed by atoms with Gasteiger partial charge in [-0.15, -0.1) is 0 Å². The van der Waals surface area contributed by atoms with Gasteiger partial charge in [0.05, 0.1) is 11.3 Å². The predicted molar refractivity (Wildman–Crippen MR) is 64.4 cm³/mol. The van der Waals surface area contributed by atoms with Crippen molar-refractivity contribution in [2.24, 2.45) is 0 Å². The number of carbonyl (C=O) groups excluding carboxylic acids is 2. The van der Waals surface area contributed by atoms with Gasteiger partial charge in [0.25, 0.3) is 11.7 Å². The summed E-state index contributed by atoms with van der Waals surface area (Å²) in [5.41, 5.74) is -0.411. The number of rotatable bonds is 3. The second kappa shape index (κ2) is 4.84. The topological polar surface area (TPSA) is 74.7 Å². The van der Waals surface area contributed by atoms with Crippen LogP contribution in [0.4, 0.5) is 14.5 Å². The van der Waals surface area contributed by atoms with Crippen LogP contribution < -0.4 is 4.90 Å². The number of amides is 1. The van der Waals surface area contributed by atoms with Crippen LogP contribution >= 0.6 is 0 Å². The molecule has 0 fully saturated rings. The molecule has 1 amide bonds. The Labute approximate surface area is 112 Å². The molecule has 0 bridgehead atoms. The highest BCUT2D eigenvalue weighted by Crippen LogP contribution is 2.32. The number of fused-ring (bicyclic) bond motifs is 1. The van der Waals surface area contributed by atoms with Crippen molar-refractivity contribution in [3.63, 3.8) is 0 Å². The molecule has 20 heavy (non-hydrogen) atoms. The fraction of sp³-hybridized carbons (Fsp3) is 0.154. The maximum absolute atomic E-state index is 13.5. The Hall–Kier alpha value is -2.57. The highest BCUT2D eigenvalue weighted by atomic mass is 19.1. The van der Waals surface area contributed by atoms with E-state index < -0.39 is 34.9 Å². The third-order valence-corrected chi connectivity index (χ3v) is 2.77. The monoisotopic (exact) mass is 281 g/mol. The van der Waals surface area contributed by atoms with E-state index in [1.165, 1.54) is 6.92 Å². The van der Waals surface area contributed by atoms with E-state index in [4.69, 9.17) is 5.11 Å². The summed E-state index contributed by atoms with van der Waals surface area (Å²) in [5.74, 6) is -5.33. The highest BCUT2D eigenvalue weighted by Gasteiger charge is 2.38. The van der Waals surface area contributed by atoms with Gasteiger partial charge in [-0.3, -0.25) is 9.59 Å². The Kier molecular flexibility index (Phi) is 3.35. The number of nitrogens with zero attached hydrogens (tertiary/aromatic N) is 1. The molecule has 0 spiro atoms. The fourth-order valence-electron chi connectivity index (χ4n) is 2.00. The number of carboxylic acids is 1. The second-order valence-corrected chi connectivity index (χ2v) is 4.33. The average Bonchev–Trinajstić information content (AvgIpc) is 2.53. The summed E-state index contributed by atoms with van der Waals surface area (Å²) in [5, 5.41) is 8.59. The smallest absolute Gasteiger partial charge is 0.328 e. The third kappa shape index (κ3) is 2.29. The van der Waals surface area contributed by atoms with Gasteiger partial charge >= 0.3 is 5.97 Å². The maximum atomic E-state index is 13.5. The van der Waals surface area contributed by atoms with Crippen LogP contribution in [0.5, 0.6) is 0 Å². The van der Waals surface area contributed by atoms with Gasteiger partial charge in [-0.2, -0.15) is 0 Å². The number of carboxylic acid groups (broad SMARTS) is 1. The van der Waals surface area contributed by atoms with Crippen molar-refractivity contribution in [3.05, 3.63) is 41.0 Å². The van der Waals surface area contributed by atoms with Crippen LogP contribution in [-0.4, -0.2) is 29.3 Å². The molecule has 1 aromatic carbocycles. The Bertz CT molecular complexity index is 667. The molecule has 0 unspecified atom stereocenters. The number of benzene rings is 1. The predicted octanol–water partition coefficient (Wildman–Crippen LogP) is 1.53. The van der Waals surface area contributed by atoms with Crippen LogP contribution in [-0.2, 0) is 9.59 Å². The molecular weight excluding hydrogens is 272 g/mol. The van der Waals surface area contributed by atoms with Gasteiger partial charge < -0.3 is 10.0 Å². The van der Waals surface area contributed by atoms with E-state index in [1.807, 2.05) is 0 Å². The molecule has 5 nitrogen and oxygen atoms in total. The van der Waals surface area contributed by atoms with Crippen molar-refractivity contribution < 1.29 is 28.3 Å². The van der Waals surface area contributed by atoms with Crippen molar-refractivity contribution in [1.29, 1.82) is 0 Å². The molecule has 1 aliphatic heterocycles. The zero-order chi connectivity index (χ0) is 15.0. The van der Waals surface area contributed by atoms with Gasteiger partial charge in [0, 0.05) is 18.7 Å². The molecule has 104 valence electrons. The summed E-state index contributed by atoms with van der Waals surface area (Å²) in [7, 11) is 0. The van der Waals surface area contributed by atoms with Gasteiger partial charge in [0.1, 0.15) is 11.6 Å². The van der Waals surface area contributed by atoms with Gasteiger partial charge in [0.15, 0.2) is 0 Å². The van der Waals surface area contributed by atoms with Crippen LogP contribution in [0.3, 0.4) is 0 Å². The summed E-state index contributed by atoms with van der Waals surface area (Å²) in [6.45, 7) is 1.20. The SMILES string of the molecule is CC(=CC(=O)O)CN1C(=O)C(=O)c2c(F)cc(F)cc21. The first kappa shape index (κ1) is 13.9. The number of halogens is 2. The second-order valence-electron chi connectivity index (χ2n) is 4.33. The number of ketones is 1. The number of anilines is 1. The van der Waals surface area contributed by atoms with Crippen molar-refractivity contribution in [2.75, 3.05) is 11.4 Å². The number of hydrogen-bond acceptors (Lipinski definition) is 3. The molecule has 7 heteroatoms. The van der Waals surface area contributed by atoms with Crippen LogP contribution in [0.2, 0.25) is 0 Å². The molecule has 0 atom stereocenters.